The first-order chi connectivity index (χ1) is 5.61. The Morgan fingerprint density at radius 1 is 1.33 bits per heavy atom. The monoisotopic (exact) mass is 204 g/mol. The molecule has 64 valence electrons. The van der Waals surface area contributed by atoms with E-state index >= 15 is 0 Å². The van der Waals surface area contributed by atoms with Crippen LogP contribution in [0, 0.1) is 0 Å². The molecule has 0 bridgehead atoms. The van der Waals surface area contributed by atoms with Gasteiger partial charge in [0, 0.05) is 10.6 Å². The minimum absolute atomic E-state index is 0.181. The number of hydrogen-bond acceptors (Lipinski definition) is 2. The van der Waals surface area contributed by atoms with Crippen molar-refractivity contribution in [3.05, 3.63) is 34.9 Å². The molecule has 0 aliphatic carbocycles. The third-order valence-electron chi connectivity index (χ3n) is 1.24. The van der Waals surface area contributed by atoms with Crippen LogP contribution < -0.4 is 0 Å². The van der Waals surface area contributed by atoms with Crippen LogP contribution in [-0.4, -0.2) is 13.9 Å². The molecule has 0 aliphatic rings. The maximum Gasteiger partial charge on any atom is 0.276 e. The standard InChI is InChI=1S/C7H5ClO3S/c8-6-3-1-5(2-4-6)7(9)12(10)11/h1-4H,(H,10,11). The molecule has 1 rings (SSSR count). The first-order valence-electron chi connectivity index (χ1n) is 3.02. The van der Waals surface area contributed by atoms with Crippen molar-refractivity contribution >= 4 is 27.8 Å². The first kappa shape index (κ1) is 9.38. The van der Waals surface area contributed by atoms with E-state index in [-0.39, 0.29) is 5.56 Å². The average Bonchev–Trinajstić information content (AvgIpc) is 2.04. The van der Waals surface area contributed by atoms with Crippen molar-refractivity contribution < 1.29 is 13.6 Å². The predicted molar refractivity (Wildman–Crippen MR) is 46.6 cm³/mol. The first-order valence-corrected chi connectivity index (χ1v) is 4.50. The summed E-state index contributed by atoms with van der Waals surface area (Å²) in [6, 6.07) is 5.78. The summed E-state index contributed by atoms with van der Waals surface area (Å²) in [5, 5.41) is -0.332. The Morgan fingerprint density at radius 2 is 1.83 bits per heavy atom. The topological polar surface area (TPSA) is 54.4 Å². The van der Waals surface area contributed by atoms with Crippen molar-refractivity contribution in [2.45, 2.75) is 0 Å². The van der Waals surface area contributed by atoms with E-state index in [1.807, 2.05) is 0 Å². The Labute approximate surface area is 76.6 Å². The highest BCUT2D eigenvalue weighted by atomic mass is 35.5. The van der Waals surface area contributed by atoms with Crippen LogP contribution >= 0.6 is 11.6 Å². The van der Waals surface area contributed by atoms with E-state index in [1.165, 1.54) is 24.3 Å². The summed E-state index contributed by atoms with van der Waals surface area (Å²) in [5.74, 6) is 0. The second kappa shape index (κ2) is 3.80. The van der Waals surface area contributed by atoms with Crippen molar-refractivity contribution in [2.24, 2.45) is 0 Å². The highest BCUT2D eigenvalue weighted by Crippen LogP contribution is 2.10. The largest absolute Gasteiger partial charge is 0.300 e. The van der Waals surface area contributed by atoms with E-state index in [9.17, 15) is 9.00 Å². The lowest BCUT2D eigenvalue weighted by molar-refractivity contribution is 0.107. The second-order valence-corrected chi connectivity index (χ2v) is 3.35. The summed E-state index contributed by atoms with van der Waals surface area (Å²) in [4.78, 5) is 10.9. The van der Waals surface area contributed by atoms with Crippen LogP contribution in [0.5, 0.6) is 0 Å². The van der Waals surface area contributed by atoms with Gasteiger partial charge in [-0.1, -0.05) is 11.6 Å². The molecule has 1 unspecified atom stereocenters. The smallest absolute Gasteiger partial charge is 0.276 e. The maximum absolute atomic E-state index is 10.9. The molecule has 12 heavy (non-hydrogen) atoms. The van der Waals surface area contributed by atoms with Gasteiger partial charge in [-0.05, 0) is 24.3 Å². The quantitative estimate of drug-likeness (QED) is 0.709. The fourth-order valence-electron chi connectivity index (χ4n) is 0.687. The summed E-state index contributed by atoms with van der Waals surface area (Å²) in [5.41, 5.74) is 0.181. The second-order valence-electron chi connectivity index (χ2n) is 2.04. The van der Waals surface area contributed by atoms with E-state index in [4.69, 9.17) is 16.2 Å². The molecule has 0 aromatic heterocycles. The van der Waals surface area contributed by atoms with Crippen molar-refractivity contribution in [3.63, 3.8) is 0 Å². The van der Waals surface area contributed by atoms with E-state index in [0.717, 1.165) is 0 Å². The number of carbonyl (C=O) groups is 1. The molecule has 5 heteroatoms. The van der Waals surface area contributed by atoms with Gasteiger partial charge in [0.25, 0.3) is 5.12 Å². The minimum atomic E-state index is -2.45. The maximum atomic E-state index is 10.9. The molecular formula is C7H5ClO3S. The van der Waals surface area contributed by atoms with Crippen molar-refractivity contribution in [2.75, 3.05) is 0 Å². The summed E-state index contributed by atoms with van der Waals surface area (Å²) < 4.78 is 18.7. The zero-order chi connectivity index (χ0) is 9.14. The highest BCUT2D eigenvalue weighted by molar-refractivity contribution is 7.95. The molecule has 0 radical (unpaired) electrons. The van der Waals surface area contributed by atoms with Gasteiger partial charge >= 0.3 is 0 Å². The van der Waals surface area contributed by atoms with Gasteiger partial charge in [-0.15, -0.1) is 0 Å². The molecule has 0 saturated carbocycles. The molecule has 0 aliphatic heterocycles. The molecular weight excluding hydrogens is 200 g/mol. The lowest BCUT2D eigenvalue weighted by Gasteiger charge is -1.94. The minimum Gasteiger partial charge on any atom is -0.300 e. The van der Waals surface area contributed by atoms with Crippen LogP contribution in [0.3, 0.4) is 0 Å². The van der Waals surface area contributed by atoms with Crippen LogP contribution in [0.1, 0.15) is 10.4 Å². The molecule has 0 fully saturated rings. The van der Waals surface area contributed by atoms with Gasteiger partial charge in [0.15, 0.2) is 0 Å². The van der Waals surface area contributed by atoms with E-state index in [0.29, 0.717) is 5.02 Å². The van der Waals surface area contributed by atoms with Crippen LogP contribution in [-0.2, 0) is 11.1 Å². The zero-order valence-electron chi connectivity index (χ0n) is 5.86. The molecule has 0 spiro atoms. The van der Waals surface area contributed by atoms with Crippen molar-refractivity contribution in [1.29, 1.82) is 0 Å². The van der Waals surface area contributed by atoms with Crippen molar-refractivity contribution in [3.8, 4) is 0 Å². The molecule has 1 N–H and O–H groups in total. The third-order valence-corrected chi connectivity index (χ3v) is 2.04. The Balaban J connectivity index is 2.98. The van der Waals surface area contributed by atoms with Gasteiger partial charge in [0.1, 0.15) is 0 Å². The Bertz CT molecular complexity index is 320. The number of hydrogen-bond donors (Lipinski definition) is 1. The van der Waals surface area contributed by atoms with E-state index in [2.05, 4.69) is 0 Å². The number of carbonyl (C=O) groups excluding carboxylic acids is 1. The summed E-state index contributed by atoms with van der Waals surface area (Å²) in [6.07, 6.45) is 0. The van der Waals surface area contributed by atoms with Gasteiger partial charge in [-0.2, -0.15) is 0 Å². The number of benzene rings is 1. The molecule has 0 heterocycles. The summed E-state index contributed by atoms with van der Waals surface area (Å²) in [7, 11) is 0. The Morgan fingerprint density at radius 3 is 2.25 bits per heavy atom. The molecule has 1 aromatic carbocycles. The number of rotatable bonds is 1. The lowest BCUT2D eigenvalue weighted by atomic mass is 10.2. The zero-order valence-corrected chi connectivity index (χ0v) is 7.43. The molecule has 0 amide bonds. The van der Waals surface area contributed by atoms with Gasteiger partial charge in [-0.25, -0.2) is 4.21 Å². The van der Waals surface area contributed by atoms with Gasteiger partial charge in [0.05, 0.1) is 0 Å². The fourth-order valence-corrected chi connectivity index (χ4v) is 1.15. The van der Waals surface area contributed by atoms with Crippen LogP contribution in [0.4, 0.5) is 0 Å². The van der Waals surface area contributed by atoms with E-state index in [1.54, 1.807) is 0 Å². The SMILES string of the molecule is O=C(c1ccc(Cl)cc1)S(=O)O. The fraction of sp³-hybridized carbons (Fsp3) is 0. The predicted octanol–water partition coefficient (Wildman–Crippen LogP) is 1.70. The normalized spacial score (nSPS) is 12.5. The summed E-state index contributed by atoms with van der Waals surface area (Å²) >= 11 is 3.10. The van der Waals surface area contributed by atoms with Crippen LogP contribution in [0.2, 0.25) is 5.02 Å². The Kier molecular flexibility index (Phi) is 2.97. The van der Waals surface area contributed by atoms with Gasteiger partial charge in [-0.3, -0.25) is 9.35 Å². The Hall–Kier alpha value is -0.710. The summed E-state index contributed by atoms with van der Waals surface area (Å²) in [6.45, 7) is 0. The van der Waals surface area contributed by atoms with Crippen molar-refractivity contribution in [1.82, 2.24) is 0 Å². The number of halogens is 1. The molecule has 1 aromatic rings. The molecule has 3 nitrogen and oxygen atoms in total. The van der Waals surface area contributed by atoms with Gasteiger partial charge in [0.2, 0.25) is 11.1 Å². The van der Waals surface area contributed by atoms with Crippen LogP contribution in [0.25, 0.3) is 0 Å². The average molecular weight is 205 g/mol. The lowest BCUT2D eigenvalue weighted by Crippen LogP contribution is -2.05. The third kappa shape index (κ3) is 2.14. The molecule has 0 saturated heterocycles. The van der Waals surface area contributed by atoms with Crippen LogP contribution in [0.15, 0.2) is 24.3 Å². The highest BCUT2D eigenvalue weighted by Gasteiger charge is 2.10. The van der Waals surface area contributed by atoms with E-state index < -0.39 is 16.2 Å². The van der Waals surface area contributed by atoms with Gasteiger partial charge < -0.3 is 0 Å². The molecule has 1 atom stereocenters.